The molecule has 31 heavy (non-hydrogen) atoms. The van der Waals surface area contributed by atoms with Crippen LogP contribution in [-0.4, -0.2) is 23.1 Å². The molecule has 4 heteroatoms. The molecule has 0 aromatic carbocycles. The zero-order valence-corrected chi connectivity index (χ0v) is 20.7. The second kappa shape index (κ2) is 17.5. The molecule has 3 unspecified atom stereocenters. The molecule has 1 aliphatic rings. The van der Waals surface area contributed by atoms with E-state index in [0.717, 1.165) is 38.0 Å². The van der Waals surface area contributed by atoms with Crippen LogP contribution in [-0.2, 0) is 14.3 Å². The Bertz CT molecular complexity index is 474. The highest BCUT2D eigenvalue weighted by Crippen LogP contribution is 2.32. The monoisotopic (exact) mass is 438 g/mol. The van der Waals surface area contributed by atoms with Crippen molar-refractivity contribution in [2.75, 3.05) is 0 Å². The Kier molecular flexibility index (Phi) is 15.8. The van der Waals surface area contributed by atoms with Gasteiger partial charge in [0.25, 0.3) is 0 Å². The van der Waals surface area contributed by atoms with Crippen molar-refractivity contribution in [3.05, 3.63) is 0 Å². The van der Waals surface area contributed by atoms with Crippen LogP contribution < -0.4 is 0 Å². The Morgan fingerprint density at radius 3 is 1.68 bits per heavy atom. The number of esters is 1. The summed E-state index contributed by atoms with van der Waals surface area (Å²) >= 11 is 0. The fourth-order valence-corrected chi connectivity index (χ4v) is 4.82. The number of hydrogen-bond acceptors (Lipinski definition) is 3. The van der Waals surface area contributed by atoms with Gasteiger partial charge in [0.15, 0.2) is 0 Å². The standard InChI is InChI=1S/C27H50O4/c1-4-23(31-27(30)25-21-17-16-20-24(25)26(28)29)19-15-13-11-9-7-5-6-8-10-12-14-18-22(2)3/h22-25H,4-21H2,1-3H3,(H,28,29). The Labute approximate surface area is 191 Å². The molecule has 0 amide bonds. The van der Waals surface area contributed by atoms with Crippen LogP contribution in [0.3, 0.4) is 0 Å². The van der Waals surface area contributed by atoms with E-state index in [1.807, 2.05) is 0 Å². The molecular weight excluding hydrogens is 388 g/mol. The maximum atomic E-state index is 12.5. The third kappa shape index (κ3) is 13.2. The van der Waals surface area contributed by atoms with Gasteiger partial charge in [0, 0.05) is 0 Å². The van der Waals surface area contributed by atoms with Crippen molar-refractivity contribution >= 4 is 11.9 Å². The molecule has 0 aromatic rings. The summed E-state index contributed by atoms with van der Waals surface area (Å²) in [4.78, 5) is 24.0. The first-order valence-corrected chi connectivity index (χ1v) is 13.4. The molecule has 0 aliphatic heterocycles. The SMILES string of the molecule is CCC(CCCCCCCCCCCCCC(C)C)OC(=O)C1CCCCC1C(=O)O. The van der Waals surface area contributed by atoms with Crippen LogP contribution in [0.25, 0.3) is 0 Å². The van der Waals surface area contributed by atoms with E-state index in [0.29, 0.717) is 12.8 Å². The van der Waals surface area contributed by atoms with Gasteiger partial charge < -0.3 is 9.84 Å². The summed E-state index contributed by atoms with van der Waals surface area (Å²) in [6, 6.07) is 0. The van der Waals surface area contributed by atoms with Gasteiger partial charge >= 0.3 is 11.9 Å². The summed E-state index contributed by atoms with van der Waals surface area (Å²) in [7, 11) is 0. The minimum absolute atomic E-state index is 0.0560. The fourth-order valence-electron chi connectivity index (χ4n) is 4.82. The highest BCUT2D eigenvalue weighted by molar-refractivity contribution is 5.81. The highest BCUT2D eigenvalue weighted by Gasteiger charge is 2.37. The lowest BCUT2D eigenvalue weighted by molar-refractivity contribution is -0.164. The smallest absolute Gasteiger partial charge is 0.310 e. The summed E-state index contributed by atoms with van der Waals surface area (Å²) in [6.45, 7) is 6.67. The number of carboxylic acids is 1. The predicted molar refractivity (Wildman–Crippen MR) is 128 cm³/mol. The molecule has 0 heterocycles. The number of rotatable bonds is 18. The second-order valence-corrected chi connectivity index (χ2v) is 10.2. The van der Waals surface area contributed by atoms with Crippen molar-refractivity contribution in [2.45, 2.75) is 142 Å². The molecule has 0 bridgehead atoms. The largest absolute Gasteiger partial charge is 0.481 e. The lowest BCUT2D eigenvalue weighted by Gasteiger charge is -2.28. The Hall–Kier alpha value is -1.06. The molecule has 0 saturated heterocycles. The topological polar surface area (TPSA) is 63.6 Å². The highest BCUT2D eigenvalue weighted by atomic mass is 16.5. The van der Waals surface area contributed by atoms with Gasteiger partial charge in [0.05, 0.1) is 11.8 Å². The average molecular weight is 439 g/mol. The number of carboxylic acid groups (broad SMARTS) is 1. The van der Waals surface area contributed by atoms with Crippen LogP contribution in [0.5, 0.6) is 0 Å². The van der Waals surface area contributed by atoms with E-state index in [4.69, 9.17) is 4.74 Å². The predicted octanol–water partition coefficient (Wildman–Crippen LogP) is 7.93. The maximum absolute atomic E-state index is 12.5. The second-order valence-electron chi connectivity index (χ2n) is 10.2. The third-order valence-electron chi connectivity index (χ3n) is 6.93. The van der Waals surface area contributed by atoms with Crippen molar-refractivity contribution in [3.63, 3.8) is 0 Å². The van der Waals surface area contributed by atoms with Crippen molar-refractivity contribution in [1.29, 1.82) is 0 Å². The van der Waals surface area contributed by atoms with Crippen molar-refractivity contribution in [2.24, 2.45) is 17.8 Å². The molecule has 1 fully saturated rings. The first kappa shape index (κ1) is 28.0. The van der Waals surface area contributed by atoms with Gasteiger partial charge in [-0.15, -0.1) is 0 Å². The van der Waals surface area contributed by atoms with Crippen LogP contribution in [0.4, 0.5) is 0 Å². The Morgan fingerprint density at radius 1 is 0.774 bits per heavy atom. The molecule has 4 nitrogen and oxygen atoms in total. The van der Waals surface area contributed by atoms with Gasteiger partial charge in [-0.1, -0.05) is 104 Å². The number of aliphatic carboxylic acids is 1. The van der Waals surface area contributed by atoms with E-state index in [1.165, 1.54) is 70.6 Å². The summed E-state index contributed by atoms with van der Waals surface area (Å²) in [6.07, 6.45) is 20.7. The molecule has 3 atom stereocenters. The van der Waals surface area contributed by atoms with Gasteiger partial charge in [-0.25, -0.2) is 0 Å². The van der Waals surface area contributed by atoms with Gasteiger partial charge in [-0.05, 0) is 38.0 Å². The quantitative estimate of drug-likeness (QED) is 0.174. The average Bonchev–Trinajstić information content (AvgIpc) is 2.75. The normalized spacial score (nSPS) is 20.0. The van der Waals surface area contributed by atoms with Gasteiger partial charge in [0.2, 0.25) is 0 Å². The molecule has 1 rings (SSSR count). The van der Waals surface area contributed by atoms with Crippen molar-refractivity contribution in [1.82, 2.24) is 0 Å². The van der Waals surface area contributed by atoms with Crippen molar-refractivity contribution in [3.8, 4) is 0 Å². The maximum Gasteiger partial charge on any atom is 0.310 e. The van der Waals surface area contributed by atoms with E-state index in [1.54, 1.807) is 0 Å². The first-order chi connectivity index (χ1) is 15.0. The van der Waals surface area contributed by atoms with Gasteiger partial charge in [0.1, 0.15) is 6.10 Å². The molecule has 0 radical (unpaired) electrons. The van der Waals surface area contributed by atoms with E-state index in [-0.39, 0.29) is 12.1 Å². The van der Waals surface area contributed by atoms with Crippen molar-refractivity contribution < 1.29 is 19.4 Å². The number of hydrogen-bond donors (Lipinski definition) is 1. The third-order valence-corrected chi connectivity index (χ3v) is 6.93. The van der Waals surface area contributed by atoms with Gasteiger partial charge in [-0.2, -0.15) is 0 Å². The minimum Gasteiger partial charge on any atom is -0.481 e. The van der Waals surface area contributed by atoms with Crippen LogP contribution in [0.1, 0.15) is 136 Å². The molecular formula is C27H50O4. The Balaban J connectivity index is 2.04. The van der Waals surface area contributed by atoms with E-state index < -0.39 is 17.8 Å². The number of carbonyl (C=O) groups excluding carboxylic acids is 1. The minimum atomic E-state index is -0.846. The van der Waals surface area contributed by atoms with E-state index in [9.17, 15) is 14.7 Å². The zero-order chi connectivity index (χ0) is 22.9. The molecule has 0 spiro atoms. The van der Waals surface area contributed by atoms with E-state index >= 15 is 0 Å². The zero-order valence-electron chi connectivity index (χ0n) is 20.7. The molecule has 1 N–H and O–H groups in total. The molecule has 1 saturated carbocycles. The van der Waals surface area contributed by atoms with Gasteiger partial charge in [-0.3, -0.25) is 9.59 Å². The van der Waals surface area contributed by atoms with Crippen LogP contribution in [0.15, 0.2) is 0 Å². The Morgan fingerprint density at radius 2 is 1.23 bits per heavy atom. The van der Waals surface area contributed by atoms with Crippen LogP contribution in [0, 0.1) is 17.8 Å². The fraction of sp³-hybridized carbons (Fsp3) is 0.926. The number of carbonyl (C=O) groups is 2. The van der Waals surface area contributed by atoms with Crippen LogP contribution >= 0.6 is 0 Å². The number of unbranched alkanes of at least 4 members (excludes halogenated alkanes) is 10. The summed E-state index contributed by atoms with van der Waals surface area (Å²) in [5.74, 6) is -1.28. The molecule has 182 valence electrons. The summed E-state index contributed by atoms with van der Waals surface area (Å²) < 4.78 is 5.73. The van der Waals surface area contributed by atoms with Crippen LogP contribution in [0.2, 0.25) is 0 Å². The summed E-state index contributed by atoms with van der Waals surface area (Å²) in [5, 5.41) is 9.39. The summed E-state index contributed by atoms with van der Waals surface area (Å²) in [5.41, 5.74) is 0. The molecule has 1 aliphatic carbocycles. The molecule has 0 aromatic heterocycles. The van der Waals surface area contributed by atoms with E-state index in [2.05, 4.69) is 20.8 Å². The number of ether oxygens (including phenoxy) is 1. The lowest BCUT2D eigenvalue weighted by Crippen LogP contribution is -2.35. The lowest BCUT2D eigenvalue weighted by atomic mass is 9.79. The first-order valence-electron chi connectivity index (χ1n) is 13.4.